The van der Waals surface area contributed by atoms with Crippen LogP contribution in [0.1, 0.15) is 24.1 Å². The van der Waals surface area contributed by atoms with Crippen LogP contribution in [-0.2, 0) is 10.0 Å². The first-order valence-electron chi connectivity index (χ1n) is 8.38. The van der Waals surface area contributed by atoms with E-state index in [2.05, 4.69) is 9.82 Å². The zero-order chi connectivity index (χ0) is 20.5. The highest BCUT2D eigenvalue weighted by molar-refractivity contribution is 7.89. The summed E-state index contributed by atoms with van der Waals surface area (Å²) < 4.78 is 48.3. The minimum atomic E-state index is -3.94. The van der Waals surface area contributed by atoms with Gasteiger partial charge in [0.05, 0.1) is 24.0 Å². The zero-order valence-corrected chi connectivity index (χ0v) is 17.1. The van der Waals surface area contributed by atoms with Gasteiger partial charge in [0.15, 0.2) is 0 Å². The molecule has 1 unspecified atom stereocenters. The van der Waals surface area contributed by atoms with Gasteiger partial charge in [-0.3, -0.25) is 0 Å². The largest absolute Gasteiger partial charge is 0.497 e. The third-order valence-corrected chi connectivity index (χ3v) is 6.28. The van der Waals surface area contributed by atoms with Crippen molar-refractivity contribution in [1.82, 2.24) is 14.5 Å². The van der Waals surface area contributed by atoms with Crippen LogP contribution < -0.4 is 9.46 Å². The van der Waals surface area contributed by atoms with Gasteiger partial charge in [0.25, 0.3) is 0 Å². The summed E-state index contributed by atoms with van der Waals surface area (Å²) in [7, 11) is -2.36. The molecule has 0 aliphatic rings. The molecule has 3 rings (SSSR count). The van der Waals surface area contributed by atoms with Crippen molar-refractivity contribution >= 4 is 21.6 Å². The summed E-state index contributed by atoms with van der Waals surface area (Å²) in [6.07, 6.45) is 3.31. The highest BCUT2D eigenvalue weighted by Crippen LogP contribution is 2.26. The Kier molecular flexibility index (Phi) is 5.74. The predicted molar refractivity (Wildman–Crippen MR) is 105 cm³/mol. The highest BCUT2D eigenvalue weighted by atomic mass is 35.5. The Morgan fingerprint density at radius 2 is 1.93 bits per heavy atom. The van der Waals surface area contributed by atoms with Gasteiger partial charge in [0.1, 0.15) is 16.5 Å². The Bertz CT molecular complexity index is 1100. The molecule has 6 nitrogen and oxygen atoms in total. The third-order valence-electron chi connectivity index (χ3n) is 4.27. The van der Waals surface area contributed by atoms with Gasteiger partial charge in [0.2, 0.25) is 10.0 Å². The van der Waals surface area contributed by atoms with Crippen LogP contribution in [0.5, 0.6) is 5.75 Å². The molecule has 1 heterocycles. The van der Waals surface area contributed by atoms with Crippen LogP contribution in [0.15, 0.2) is 53.7 Å². The molecule has 0 saturated heterocycles. The lowest BCUT2D eigenvalue weighted by Crippen LogP contribution is -2.27. The van der Waals surface area contributed by atoms with Crippen LogP contribution in [0.3, 0.4) is 0 Å². The number of nitrogens with zero attached hydrogens (tertiary/aromatic N) is 2. The fourth-order valence-electron chi connectivity index (χ4n) is 2.64. The number of sulfonamides is 1. The molecule has 0 amide bonds. The second-order valence-electron chi connectivity index (χ2n) is 6.29. The fourth-order valence-corrected chi connectivity index (χ4v) is 4.47. The molecule has 1 aromatic heterocycles. The van der Waals surface area contributed by atoms with Gasteiger partial charge in [0, 0.05) is 17.8 Å². The van der Waals surface area contributed by atoms with Crippen LogP contribution in [0, 0.1) is 12.7 Å². The van der Waals surface area contributed by atoms with Gasteiger partial charge in [-0.1, -0.05) is 11.6 Å². The first kappa shape index (κ1) is 20.3. The lowest BCUT2D eigenvalue weighted by molar-refractivity contribution is 0.414. The Labute approximate surface area is 168 Å². The Hall–Kier alpha value is -2.42. The molecule has 2 aromatic carbocycles. The molecule has 0 bridgehead atoms. The molecule has 1 atom stereocenters. The predicted octanol–water partition coefficient (Wildman–Crippen LogP) is 4.02. The van der Waals surface area contributed by atoms with Crippen LogP contribution in [0.2, 0.25) is 5.02 Å². The van der Waals surface area contributed by atoms with E-state index in [1.165, 1.54) is 13.0 Å². The van der Waals surface area contributed by atoms with Crippen molar-refractivity contribution in [2.75, 3.05) is 7.11 Å². The van der Waals surface area contributed by atoms with Crippen LogP contribution in [-0.4, -0.2) is 25.3 Å². The number of methoxy groups -OCH3 is 1. The van der Waals surface area contributed by atoms with E-state index < -0.39 is 21.9 Å². The maximum absolute atomic E-state index is 13.6. The van der Waals surface area contributed by atoms with Gasteiger partial charge in [-0.25, -0.2) is 22.2 Å². The minimum absolute atomic E-state index is 0.164. The highest BCUT2D eigenvalue weighted by Gasteiger charge is 2.23. The lowest BCUT2D eigenvalue weighted by atomic mass is 10.2. The second-order valence-corrected chi connectivity index (χ2v) is 8.38. The summed E-state index contributed by atoms with van der Waals surface area (Å²) in [5.74, 6) is 0.168. The Morgan fingerprint density at radius 3 is 2.57 bits per heavy atom. The van der Waals surface area contributed by atoms with Crippen LogP contribution in [0.25, 0.3) is 5.69 Å². The fraction of sp³-hybridized carbons (Fsp3) is 0.211. The van der Waals surface area contributed by atoms with Crippen molar-refractivity contribution in [3.8, 4) is 11.4 Å². The van der Waals surface area contributed by atoms with E-state index in [4.69, 9.17) is 16.3 Å². The molecule has 148 valence electrons. The number of benzene rings is 2. The van der Waals surface area contributed by atoms with Crippen molar-refractivity contribution in [3.63, 3.8) is 0 Å². The van der Waals surface area contributed by atoms with E-state index in [9.17, 15) is 12.8 Å². The number of rotatable bonds is 6. The average Bonchev–Trinajstić information content (AvgIpc) is 3.14. The maximum atomic E-state index is 13.6. The summed E-state index contributed by atoms with van der Waals surface area (Å²) in [6, 6.07) is 8.93. The molecule has 0 fully saturated rings. The molecule has 3 aromatic rings. The topological polar surface area (TPSA) is 73.2 Å². The molecule has 0 aliphatic carbocycles. The standard InChI is InChI=1S/C19H19ClFN3O3S/c1-12-8-19(17(20)9-18(12)21)28(25,26)23-13(2)14-10-22-24(11-14)15-4-6-16(27-3)7-5-15/h4-11,13,23H,1-3H3. The van der Waals surface area contributed by atoms with Crippen LogP contribution >= 0.6 is 11.6 Å². The van der Waals surface area contributed by atoms with Crippen molar-refractivity contribution in [2.45, 2.75) is 24.8 Å². The SMILES string of the molecule is COc1ccc(-n2cc(C(C)NS(=O)(=O)c3cc(C)c(F)cc3Cl)cn2)cc1. The molecule has 0 spiro atoms. The molecule has 0 aliphatic heterocycles. The molecule has 1 N–H and O–H groups in total. The van der Waals surface area contributed by atoms with E-state index in [-0.39, 0.29) is 15.5 Å². The van der Waals surface area contributed by atoms with Crippen molar-refractivity contribution in [2.24, 2.45) is 0 Å². The molecule has 0 saturated carbocycles. The number of halogens is 2. The summed E-state index contributed by atoms with van der Waals surface area (Å²) in [6.45, 7) is 3.17. The number of nitrogens with one attached hydrogen (secondary N) is 1. The lowest BCUT2D eigenvalue weighted by Gasteiger charge is -2.14. The number of ether oxygens (including phenoxy) is 1. The summed E-state index contributed by atoms with van der Waals surface area (Å²) in [5, 5.41) is 4.10. The second kappa shape index (κ2) is 7.90. The number of hydrogen-bond acceptors (Lipinski definition) is 4. The summed E-state index contributed by atoms with van der Waals surface area (Å²) >= 11 is 5.94. The average molecular weight is 424 g/mol. The van der Waals surface area contributed by atoms with Crippen LogP contribution in [0.4, 0.5) is 4.39 Å². The van der Waals surface area contributed by atoms with Gasteiger partial charge in [-0.2, -0.15) is 5.10 Å². The Morgan fingerprint density at radius 1 is 1.25 bits per heavy atom. The van der Waals surface area contributed by atoms with Crippen molar-refractivity contribution < 1.29 is 17.5 Å². The zero-order valence-electron chi connectivity index (χ0n) is 15.5. The monoisotopic (exact) mass is 423 g/mol. The number of aromatic nitrogens is 2. The summed E-state index contributed by atoms with van der Waals surface area (Å²) in [5.41, 5.74) is 1.67. The Balaban J connectivity index is 1.82. The minimum Gasteiger partial charge on any atom is -0.497 e. The molecule has 28 heavy (non-hydrogen) atoms. The van der Waals surface area contributed by atoms with E-state index >= 15 is 0 Å². The molecular weight excluding hydrogens is 405 g/mol. The quantitative estimate of drug-likeness (QED) is 0.649. The van der Waals surface area contributed by atoms with Gasteiger partial charge in [-0.05, 0) is 55.8 Å². The number of hydrogen-bond donors (Lipinski definition) is 1. The molecular formula is C19H19ClFN3O3S. The molecule has 9 heteroatoms. The first-order valence-corrected chi connectivity index (χ1v) is 10.2. The van der Waals surface area contributed by atoms with E-state index in [0.29, 0.717) is 5.56 Å². The number of aryl methyl sites for hydroxylation is 1. The maximum Gasteiger partial charge on any atom is 0.242 e. The van der Waals surface area contributed by atoms with Crippen molar-refractivity contribution in [1.29, 1.82) is 0 Å². The molecule has 0 radical (unpaired) electrons. The van der Waals surface area contributed by atoms with Gasteiger partial charge < -0.3 is 4.74 Å². The first-order chi connectivity index (χ1) is 13.2. The normalized spacial score (nSPS) is 12.8. The summed E-state index contributed by atoms with van der Waals surface area (Å²) in [4.78, 5) is -0.164. The van der Waals surface area contributed by atoms with Crippen molar-refractivity contribution in [3.05, 3.63) is 70.8 Å². The van der Waals surface area contributed by atoms with E-state index in [1.807, 2.05) is 24.3 Å². The smallest absolute Gasteiger partial charge is 0.242 e. The van der Waals surface area contributed by atoms with Gasteiger partial charge in [-0.15, -0.1) is 0 Å². The van der Waals surface area contributed by atoms with Gasteiger partial charge >= 0.3 is 0 Å². The van der Waals surface area contributed by atoms with E-state index in [0.717, 1.165) is 17.5 Å². The third kappa shape index (κ3) is 4.19. The van der Waals surface area contributed by atoms with E-state index in [1.54, 1.807) is 31.1 Å².